The predicted molar refractivity (Wildman–Crippen MR) is 87.9 cm³/mol. The number of nitrogens with zero attached hydrogens (tertiary/aromatic N) is 2. The Morgan fingerprint density at radius 3 is 2.33 bits per heavy atom. The van der Waals surface area contributed by atoms with Crippen molar-refractivity contribution in [3.8, 4) is 5.75 Å². The van der Waals surface area contributed by atoms with E-state index in [2.05, 4.69) is 28.0 Å². The van der Waals surface area contributed by atoms with Crippen LogP contribution in [0.4, 0.5) is 0 Å². The minimum absolute atomic E-state index is 0.806. The summed E-state index contributed by atoms with van der Waals surface area (Å²) in [6, 6.07) is 8.41. The zero-order valence-corrected chi connectivity index (χ0v) is 13.3. The van der Waals surface area contributed by atoms with E-state index < -0.39 is 0 Å². The van der Waals surface area contributed by atoms with Gasteiger partial charge in [-0.05, 0) is 56.6 Å². The minimum Gasteiger partial charge on any atom is -0.497 e. The lowest BCUT2D eigenvalue weighted by molar-refractivity contribution is 0.131. The Balaban J connectivity index is 1.63. The van der Waals surface area contributed by atoms with Crippen LogP contribution in [0.25, 0.3) is 0 Å². The Morgan fingerprint density at radius 2 is 1.71 bits per heavy atom. The van der Waals surface area contributed by atoms with E-state index in [4.69, 9.17) is 10.5 Å². The lowest BCUT2D eigenvalue weighted by atomic mass is 10.1. The summed E-state index contributed by atoms with van der Waals surface area (Å²) in [6.07, 6.45) is 3.47. The Labute approximate surface area is 128 Å². The molecule has 1 fully saturated rings. The smallest absolute Gasteiger partial charge is 0.119 e. The number of hydrogen-bond donors (Lipinski definition) is 1. The number of rotatable bonds is 8. The molecule has 4 heteroatoms. The molecule has 1 saturated heterocycles. The quantitative estimate of drug-likeness (QED) is 0.790. The number of ether oxygens (including phenoxy) is 1. The van der Waals surface area contributed by atoms with Crippen LogP contribution in [0.2, 0.25) is 0 Å². The molecule has 0 saturated carbocycles. The second kappa shape index (κ2) is 9.03. The molecule has 1 heterocycles. The monoisotopic (exact) mass is 291 g/mol. The van der Waals surface area contributed by atoms with Crippen LogP contribution in [0.5, 0.6) is 5.75 Å². The summed E-state index contributed by atoms with van der Waals surface area (Å²) in [6.45, 7) is 7.94. The molecule has 0 spiro atoms. The highest BCUT2D eigenvalue weighted by molar-refractivity contribution is 5.28. The molecule has 1 aromatic carbocycles. The van der Waals surface area contributed by atoms with Crippen LogP contribution in [-0.2, 0) is 6.42 Å². The number of hydrogen-bond acceptors (Lipinski definition) is 4. The number of nitrogens with two attached hydrogens (primary N) is 1. The molecule has 1 aromatic rings. The van der Waals surface area contributed by atoms with Gasteiger partial charge in [0.2, 0.25) is 0 Å². The highest BCUT2D eigenvalue weighted by Crippen LogP contribution is 2.14. The summed E-state index contributed by atoms with van der Waals surface area (Å²) in [5.74, 6) is 0.959. The number of aryl methyl sites for hydroxylation is 1. The Hall–Kier alpha value is -1.10. The second-order valence-electron chi connectivity index (χ2n) is 5.78. The first kappa shape index (κ1) is 16.3. The first-order valence-electron chi connectivity index (χ1n) is 8.09. The maximum Gasteiger partial charge on any atom is 0.119 e. The molecule has 0 unspecified atom stereocenters. The van der Waals surface area contributed by atoms with Gasteiger partial charge >= 0.3 is 0 Å². The maximum atomic E-state index is 5.57. The highest BCUT2D eigenvalue weighted by atomic mass is 16.5. The summed E-state index contributed by atoms with van der Waals surface area (Å²) in [5.41, 5.74) is 6.94. The van der Waals surface area contributed by atoms with Crippen LogP contribution in [0.15, 0.2) is 24.3 Å². The lowest BCUT2D eigenvalue weighted by Gasteiger charge is -2.34. The van der Waals surface area contributed by atoms with Gasteiger partial charge in [-0.15, -0.1) is 0 Å². The molecule has 1 aliphatic heterocycles. The van der Waals surface area contributed by atoms with Gasteiger partial charge in [-0.2, -0.15) is 0 Å². The van der Waals surface area contributed by atoms with Crippen LogP contribution in [0.3, 0.4) is 0 Å². The van der Waals surface area contributed by atoms with Crippen molar-refractivity contribution in [2.24, 2.45) is 5.73 Å². The van der Waals surface area contributed by atoms with Gasteiger partial charge in [0.15, 0.2) is 0 Å². The molecular weight excluding hydrogens is 262 g/mol. The summed E-state index contributed by atoms with van der Waals surface area (Å²) >= 11 is 0. The van der Waals surface area contributed by atoms with Gasteiger partial charge < -0.3 is 20.3 Å². The number of benzene rings is 1. The van der Waals surface area contributed by atoms with Crippen molar-refractivity contribution < 1.29 is 4.74 Å². The van der Waals surface area contributed by atoms with Crippen molar-refractivity contribution in [2.45, 2.75) is 19.3 Å². The largest absolute Gasteiger partial charge is 0.497 e. The van der Waals surface area contributed by atoms with Crippen LogP contribution in [0, 0.1) is 0 Å². The van der Waals surface area contributed by atoms with Gasteiger partial charge in [-0.1, -0.05) is 12.1 Å². The molecule has 0 bridgehead atoms. The average Bonchev–Trinajstić information content (AvgIpc) is 2.54. The summed E-state index contributed by atoms with van der Waals surface area (Å²) in [7, 11) is 1.73. The SMILES string of the molecule is COc1cccc(CCCN2CCN(CCCN)CC2)c1. The highest BCUT2D eigenvalue weighted by Gasteiger charge is 2.15. The van der Waals surface area contributed by atoms with Gasteiger partial charge in [0.25, 0.3) is 0 Å². The third-order valence-electron chi connectivity index (χ3n) is 4.22. The van der Waals surface area contributed by atoms with Gasteiger partial charge in [-0.25, -0.2) is 0 Å². The Morgan fingerprint density at radius 1 is 1.05 bits per heavy atom. The molecular formula is C17H29N3O. The summed E-state index contributed by atoms with van der Waals surface area (Å²) < 4.78 is 5.27. The molecule has 0 aliphatic carbocycles. The van der Waals surface area contributed by atoms with Gasteiger partial charge in [0.1, 0.15) is 5.75 Å². The standard InChI is InChI=1S/C17H29N3O/c1-21-17-7-2-5-16(15-17)6-3-9-19-11-13-20(14-12-19)10-4-8-18/h2,5,7,15H,3-4,6,8-14,18H2,1H3. The molecule has 0 amide bonds. The second-order valence-corrected chi connectivity index (χ2v) is 5.78. The maximum absolute atomic E-state index is 5.57. The van der Waals surface area contributed by atoms with Crippen LogP contribution < -0.4 is 10.5 Å². The molecule has 1 aliphatic rings. The van der Waals surface area contributed by atoms with Crippen molar-refractivity contribution >= 4 is 0 Å². The van der Waals surface area contributed by atoms with E-state index >= 15 is 0 Å². The van der Waals surface area contributed by atoms with Crippen LogP contribution in [0.1, 0.15) is 18.4 Å². The molecule has 2 rings (SSSR count). The van der Waals surface area contributed by atoms with Crippen molar-refractivity contribution in [1.82, 2.24) is 9.80 Å². The Bertz CT molecular complexity index is 403. The molecule has 21 heavy (non-hydrogen) atoms. The molecule has 2 N–H and O–H groups in total. The van der Waals surface area contributed by atoms with E-state index in [9.17, 15) is 0 Å². The third-order valence-corrected chi connectivity index (χ3v) is 4.22. The molecule has 0 atom stereocenters. The van der Waals surface area contributed by atoms with Gasteiger partial charge in [0, 0.05) is 26.2 Å². The molecule has 118 valence electrons. The van der Waals surface area contributed by atoms with E-state index in [-0.39, 0.29) is 0 Å². The van der Waals surface area contributed by atoms with Crippen molar-refractivity contribution in [3.63, 3.8) is 0 Å². The predicted octanol–water partition coefficient (Wildman–Crippen LogP) is 1.59. The lowest BCUT2D eigenvalue weighted by Crippen LogP contribution is -2.47. The van der Waals surface area contributed by atoms with E-state index in [0.29, 0.717) is 0 Å². The normalized spacial score (nSPS) is 17.0. The fourth-order valence-electron chi connectivity index (χ4n) is 2.89. The van der Waals surface area contributed by atoms with Crippen molar-refractivity contribution in [2.75, 3.05) is 52.9 Å². The minimum atomic E-state index is 0.806. The van der Waals surface area contributed by atoms with E-state index in [0.717, 1.165) is 31.7 Å². The summed E-state index contributed by atoms with van der Waals surface area (Å²) in [5, 5.41) is 0. The topological polar surface area (TPSA) is 41.7 Å². The number of methoxy groups -OCH3 is 1. The zero-order chi connectivity index (χ0) is 14.9. The van der Waals surface area contributed by atoms with Crippen molar-refractivity contribution in [3.05, 3.63) is 29.8 Å². The van der Waals surface area contributed by atoms with E-state index in [1.165, 1.54) is 44.7 Å². The average molecular weight is 291 g/mol. The Kier molecular flexibility index (Phi) is 7.00. The fraction of sp³-hybridized carbons (Fsp3) is 0.647. The van der Waals surface area contributed by atoms with Gasteiger partial charge in [0.05, 0.1) is 7.11 Å². The number of piperazine rings is 1. The molecule has 4 nitrogen and oxygen atoms in total. The third kappa shape index (κ3) is 5.65. The molecule has 0 aromatic heterocycles. The summed E-state index contributed by atoms with van der Waals surface area (Å²) in [4.78, 5) is 5.12. The first-order valence-corrected chi connectivity index (χ1v) is 8.09. The molecule has 0 radical (unpaired) electrons. The zero-order valence-electron chi connectivity index (χ0n) is 13.3. The van der Waals surface area contributed by atoms with Crippen molar-refractivity contribution in [1.29, 1.82) is 0 Å². The van der Waals surface area contributed by atoms with E-state index in [1.807, 2.05) is 6.07 Å². The van der Waals surface area contributed by atoms with E-state index in [1.54, 1.807) is 7.11 Å². The fourth-order valence-corrected chi connectivity index (χ4v) is 2.89. The van der Waals surface area contributed by atoms with Crippen LogP contribution in [-0.4, -0.2) is 62.7 Å². The van der Waals surface area contributed by atoms with Gasteiger partial charge in [-0.3, -0.25) is 0 Å². The first-order chi connectivity index (χ1) is 10.3. The van der Waals surface area contributed by atoms with Crippen LogP contribution >= 0.6 is 0 Å².